The summed E-state index contributed by atoms with van der Waals surface area (Å²) in [6.45, 7) is 1.46. The number of carbonyl (C=O) groups excluding carboxylic acids is 1. The molecule has 1 amide bonds. The molecule has 0 atom stereocenters. The van der Waals surface area contributed by atoms with Crippen LogP contribution in [0.1, 0.15) is 18.2 Å². The van der Waals surface area contributed by atoms with Crippen LogP contribution in [0.3, 0.4) is 0 Å². The summed E-state index contributed by atoms with van der Waals surface area (Å²) in [5.41, 5.74) is 2.61. The molecule has 0 saturated heterocycles. The molecule has 6 heteroatoms. The van der Waals surface area contributed by atoms with E-state index in [-0.39, 0.29) is 5.91 Å². The molecule has 3 rings (SSSR count). The number of anilines is 1. The maximum Gasteiger partial charge on any atom is 0.221 e. The number of rotatable bonds is 3. The predicted octanol–water partition coefficient (Wildman–Crippen LogP) is 3.23. The number of pyridine rings is 1. The number of benzene rings is 1. The summed E-state index contributed by atoms with van der Waals surface area (Å²) in [6.07, 6.45) is 4.13. The van der Waals surface area contributed by atoms with Crippen LogP contribution in [0.5, 0.6) is 0 Å². The molecule has 2 heterocycles. The van der Waals surface area contributed by atoms with Gasteiger partial charge in [-0.1, -0.05) is 17.7 Å². The van der Waals surface area contributed by atoms with Crippen molar-refractivity contribution in [3.8, 4) is 0 Å². The van der Waals surface area contributed by atoms with Crippen LogP contribution in [0.2, 0.25) is 5.15 Å². The zero-order valence-corrected chi connectivity index (χ0v) is 12.6. The molecule has 110 valence electrons. The summed E-state index contributed by atoms with van der Waals surface area (Å²) in [4.78, 5) is 15.2. The molecule has 0 fully saturated rings. The molecule has 22 heavy (non-hydrogen) atoms. The van der Waals surface area contributed by atoms with Crippen LogP contribution in [-0.2, 0) is 11.2 Å². The van der Waals surface area contributed by atoms with Crippen molar-refractivity contribution in [2.45, 2.75) is 13.3 Å². The van der Waals surface area contributed by atoms with Crippen molar-refractivity contribution in [3.05, 3.63) is 59.1 Å². The first-order chi connectivity index (χ1) is 10.6. The fourth-order valence-corrected chi connectivity index (χ4v) is 2.48. The van der Waals surface area contributed by atoms with E-state index in [0.29, 0.717) is 17.3 Å². The third-order valence-electron chi connectivity index (χ3n) is 3.25. The Morgan fingerprint density at radius 3 is 2.64 bits per heavy atom. The lowest BCUT2D eigenvalue weighted by molar-refractivity contribution is -0.114. The molecular weight excluding hydrogens is 300 g/mol. The molecule has 0 saturated carbocycles. The molecule has 0 aliphatic carbocycles. The van der Waals surface area contributed by atoms with Gasteiger partial charge in [-0.3, -0.25) is 9.78 Å². The van der Waals surface area contributed by atoms with E-state index in [1.165, 1.54) is 6.92 Å². The van der Waals surface area contributed by atoms with Gasteiger partial charge in [-0.2, -0.15) is 5.10 Å². The Morgan fingerprint density at radius 1 is 1.14 bits per heavy atom. The quantitative estimate of drug-likeness (QED) is 0.806. The van der Waals surface area contributed by atoms with E-state index in [1.807, 2.05) is 30.3 Å². The van der Waals surface area contributed by atoms with Gasteiger partial charge in [-0.15, -0.1) is 5.10 Å². The van der Waals surface area contributed by atoms with Crippen molar-refractivity contribution in [2.75, 3.05) is 5.32 Å². The molecule has 0 unspecified atom stereocenters. The van der Waals surface area contributed by atoms with Crippen molar-refractivity contribution in [1.29, 1.82) is 0 Å². The van der Waals surface area contributed by atoms with Crippen LogP contribution in [-0.4, -0.2) is 21.1 Å². The molecule has 0 radical (unpaired) electrons. The number of carbonyl (C=O) groups is 1. The number of amides is 1. The van der Waals surface area contributed by atoms with Gasteiger partial charge < -0.3 is 5.32 Å². The van der Waals surface area contributed by atoms with Gasteiger partial charge in [0.05, 0.1) is 5.69 Å². The second-order valence-corrected chi connectivity index (χ2v) is 5.27. The van der Waals surface area contributed by atoms with E-state index in [1.54, 1.807) is 12.4 Å². The minimum atomic E-state index is -0.130. The fraction of sp³-hybridized carbons (Fsp3) is 0.125. The van der Waals surface area contributed by atoms with E-state index in [9.17, 15) is 4.79 Å². The first-order valence-corrected chi connectivity index (χ1v) is 7.12. The molecule has 0 bridgehead atoms. The average Bonchev–Trinajstić information content (AvgIpc) is 2.51. The third-order valence-corrected chi connectivity index (χ3v) is 3.53. The van der Waals surface area contributed by atoms with Gasteiger partial charge >= 0.3 is 0 Å². The number of nitrogens with zero attached hydrogens (tertiary/aromatic N) is 3. The van der Waals surface area contributed by atoms with Crippen LogP contribution < -0.4 is 5.32 Å². The van der Waals surface area contributed by atoms with Gasteiger partial charge in [0.25, 0.3) is 0 Å². The van der Waals surface area contributed by atoms with Gasteiger partial charge in [0.2, 0.25) is 5.91 Å². The number of halogens is 1. The van der Waals surface area contributed by atoms with Crippen molar-refractivity contribution >= 4 is 34.0 Å². The van der Waals surface area contributed by atoms with E-state index in [4.69, 9.17) is 11.6 Å². The Kier molecular flexibility index (Phi) is 3.98. The number of fused-ring (bicyclic) bond motifs is 1. The lowest BCUT2D eigenvalue weighted by Gasteiger charge is -2.09. The van der Waals surface area contributed by atoms with Crippen LogP contribution in [0.15, 0.2) is 42.7 Å². The standard InChI is InChI=1S/C16H13ClN4O/c1-10(22)19-12-2-3-13-14(9-12)16(17)21-20-15(13)8-11-4-6-18-7-5-11/h2-7,9H,8H2,1H3,(H,19,22). The Bertz CT molecular complexity index is 836. The fourth-order valence-electron chi connectivity index (χ4n) is 2.28. The highest BCUT2D eigenvalue weighted by Crippen LogP contribution is 2.27. The summed E-state index contributed by atoms with van der Waals surface area (Å²) in [6, 6.07) is 9.42. The summed E-state index contributed by atoms with van der Waals surface area (Å²) in [7, 11) is 0. The molecule has 1 N–H and O–H groups in total. The highest BCUT2D eigenvalue weighted by Gasteiger charge is 2.10. The highest BCUT2D eigenvalue weighted by atomic mass is 35.5. The molecule has 2 aromatic heterocycles. The average molecular weight is 313 g/mol. The molecular formula is C16H13ClN4O. The lowest BCUT2D eigenvalue weighted by atomic mass is 10.1. The van der Waals surface area contributed by atoms with Crippen molar-refractivity contribution < 1.29 is 4.79 Å². The lowest BCUT2D eigenvalue weighted by Crippen LogP contribution is -2.06. The van der Waals surface area contributed by atoms with Gasteiger partial charge in [0.15, 0.2) is 5.15 Å². The first-order valence-electron chi connectivity index (χ1n) is 6.75. The number of hydrogen-bond acceptors (Lipinski definition) is 4. The van der Waals surface area contributed by atoms with Crippen LogP contribution in [0.4, 0.5) is 5.69 Å². The molecule has 0 aliphatic rings. The Balaban J connectivity index is 2.05. The maximum atomic E-state index is 11.2. The normalized spacial score (nSPS) is 10.6. The smallest absolute Gasteiger partial charge is 0.221 e. The second kappa shape index (κ2) is 6.07. The van der Waals surface area contributed by atoms with Gasteiger partial charge in [0, 0.05) is 42.2 Å². The van der Waals surface area contributed by atoms with Crippen LogP contribution in [0, 0.1) is 0 Å². The van der Waals surface area contributed by atoms with Crippen molar-refractivity contribution in [3.63, 3.8) is 0 Å². The summed E-state index contributed by atoms with van der Waals surface area (Å²) >= 11 is 6.14. The number of aromatic nitrogens is 3. The van der Waals surface area contributed by atoms with Crippen molar-refractivity contribution in [1.82, 2.24) is 15.2 Å². The predicted molar refractivity (Wildman–Crippen MR) is 85.9 cm³/mol. The second-order valence-electron chi connectivity index (χ2n) is 4.91. The summed E-state index contributed by atoms with van der Waals surface area (Å²) in [5.74, 6) is -0.130. The summed E-state index contributed by atoms with van der Waals surface area (Å²) in [5, 5.41) is 13.0. The largest absolute Gasteiger partial charge is 0.326 e. The minimum absolute atomic E-state index is 0.130. The molecule has 5 nitrogen and oxygen atoms in total. The number of hydrogen-bond donors (Lipinski definition) is 1. The molecule has 0 aliphatic heterocycles. The van der Waals surface area contributed by atoms with Crippen molar-refractivity contribution in [2.24, 2.45) is 0 Å². The number of nitrogens with one attached hydrogen (secondary N) is 1. The van der Waals surface area contributed by atoms with Gasteiger partial charge in [0.1, 0.15) is 0 Å². The highest BCUT2D eigenvalue weighted by molar-refractivity contribution is 6.34. The van der Waals surface area contributed by atoms with Crippen LogP contribution in [0.25, 0.3) is 10.8 Å². The minimum Gasteiger partial charge on any atom is -0.326 e. The SMILES string of the molecule is CC(=O)Nc1ccc2c(Cc3ccncc3)nnc(Cl)c2c1. The van der Waals surface area contributed by atoms with E-state index >= 15 is 0 Å². The zero-order valence-electron chi connectivity index (χ0n) is 11.9. The molecule has 1 aromatic carbocycles. The Hall–Kier alpha value is -2.53. The molecule has 0 spiro atoms. The monoisotopic (exact) mass is 312 g/mol. The Labute approximate surface area is 132 Å². The first kappa shape index (κ1) is 14.4. The van der Waals surface area contributed by atoms with Gasteiger partial charge in [-0.05, 0) is 29.8 Å². The van der Waals surface area contributed by atoms with E-state index in [0.717, 1.165) is 22.0 Å². The van der Waals surface area contributed by atoms with Gasteiger partial charge in [-0.25, -0.2) is 0 Å². The van der Waals surface area contributed by atoms with E-state index in [2.05, 4.69) is 20.5 Å². The molecule has 3 aromatic rings. The topological polar surface area (TPSA) is 67.8 Å². The third kappa shape index (κ3) is 3.04. The van der Waals surface area contributed by atoms with Crippen LogP contribution >= 0.6 is 11.6 Å². The maximum absolute atomic E-state index is 11.2. The Morgan fingerprint density at radius 2 is 1.91 bits per heavy atom. The van der Waals surface area contributed by atoms with E-state index < -0.39 is 0 Å². The summed E-state index contributed by atoms with van der Waals surface area (Å²) < 4.78 is 0. The zero-order chi connectivity index (χ0) is 15.5.